The molecule has 4 aromatic rings. The molecule has 6 rings (SSSR count). The van der Waals surface area contributed by atoms with E-state index in [0.717, 1.165) is 60.9 Å². The van der Waals surface area contributed by atoms with Gasteiger partial charge in [0.1, 0.15) is 19.0 Å². The quantitative estimate of drug-likeness (QED) is 0.0915. The number of likely N-dealkylation sites (tertiary alicyclic amines) is 1. The minimum atomic E-state index is -1.00. The van der Waals surface area contributed by atoms with E-state index < -0.39 is 22.8 Å². The summed E-state index contributed by atoms with van der Waals surface area (Å²) in [5, 5.41) is 21.1. The number of hydrogen-bond donors (Lipinski definition) is 0. The number of aldehydes is 2. The Labute approximate surface area is 329 Å². The van der Waals surface area contributed by atoms with Gasteiger partial charge in [-0.1, -0.05) is 60.7 Å². The molecule has 0 bridgehead atoms. The van der Waals surface area contributed by atoms with E-state index in [1.165, 1.54) is 18.6 Å². The molecule has 2 fully saturated rings. The number of anilines is 1. The van der Waals surface area contributed by atoms with Crippen molar-refractivity contribution in [1.82, 2.24) is 9.80 Å². The topological polar surface area (TPSA) is 183 Å². The molecule has 0 saturated carbocycles. The van der Waals surface area contributed by atoms with Crippen molar-refractivity contribution in [3.8, 4) is 0 Å². The molecule has 2 aliphatic heterocycles. The van der Waals surface area contributed by atoms with Gasteiger partial charge in [-0.25, -0.2) is 14.0 Å². The number of ether oxygens (including phenoxy) is 2. The first-order valence-corrected chi connectivity index (χ1v) is 17.6. The predicted molar refractivity (Wildman–Crippen MR) is 206 cm³/mol. The van der Waals surface area contributed by atoms with Gasteiger partial charge in [0.25, 0.3) is 11.4 Å². The van der Waals surface area contributed by atoms with Crippen molar-refractivity contribution in [1.29, 1.82) is 0 Å². The number of carbonyl (C=O) groups is 4. The standard InChI is InChI=1S/C19H19N3O5.C13H17NO2.C7H4FNO3.CH3F/c23-13-16-12-17(6-7-18(16)22(25)26)20-8-10-21(11-9-20)19(24)27-14-15-4-2-1-3-5-15;15-13(14-9-5-2-6-10-14)16-11-12-7-3-1-4-8-12;8-6-1-2-7(9(11)12)5(3-6)4-10;1-2/h1-7,12-13H,8-11,14H2;1,3-4,7-8H,2,5-6,9-11H2;1-4H;1H3/i;;;1D. The smallest absolute Gasteiger partial charge is 0.410 e. The molecule has 4 aromatic carbocycles. The molecule has 302 valence electrons. The Bertz CT molecular complexity index is 1950. The van der Waals surface area contributed by atoms with Crippen LogP contribution in [0.4, 0.5) is 35.4 Å². The maximum absolute atomic E-state index is 12.4. The summed E-state index contributed by atoms with van der Waals surface area (Å²) in [6.07, 6.45) is 3.61. The monoisotopic (exact) mass is 792 g/mol. The Balaban J connectivity index is 0.000000246. The lowest BCUT2D eigenvalue weighted by Gasteiger charge is -2.35. The molecule has 0 aromatic heterocycles. The summed E-state index contributed by atoms with van der Waals surface area (Å²) in [6, 6.07) is 26.4. The van der Waals surface area contributed by atoms with Gasteiger partial charge in [0.15, 0.2) is 12.6 Å². The van der Waals surface area contributed by atoms with Crippen LogP contribution in [-0.2, 0) is 22.7 Å². The number of halogens is 2. The van der Waals surface area contributed by atoms with Crippen molar-refractivity contribution in [2.24, 2.45) is 0 Å². The van der Waals surface area contributed by atoms with Gasteiger partial charge in [0.2, 0.25) is 0 Å². The number of hydrogen-bond acceptors (Lipinski definition) is 11. The maximum Gasteiger partial charge on any atom is 0.410 e. The number of nitro benzene ring substituents is 2. The largest absolute Gasteiger partial charge is 0.445 e. The summed E-state index contributed by atoms with van der Waals surface area (Å²) in [7, 11) is -1.00. The lowest BCUT2D eigenvalue weighted by molar-refractivity contribution is -0.385. The van der Waals surface area contributed by atoms with Gasteiger partial charge in [-0.3, -0.25) is 34.2 Å². The first-order valence-electron chi connectivity index (χ1n) is 18.4. The molecule has 0 atom stereocenters. The second kappa shape index (κ2) is 23.9. The van der Waals surface area contributed by atoms with E-state index in [9.17, 15) is 48.2 Å². The zero-order valence-corrected chi connectivity index (χ0v) is 31.0. The third-order valence-electron chi connectivity index (χ3n) is 8.58. The van der Waals surface area contributed by atoms with Gasteiger partial charge < -0.3 is 24.2 Å². The van der Waals surface area contributed by atoms with Gasteiger partial charge in [0, 0.05) is 57.1 Å². The molecule has 57 heavy (non-hydrogen) atoms. The summed E-state index contributed by atoms with van der Waals surface area (Å²) in [5.41, 5.74) is 1.88. The van der Waals surface area contributed by atoms with Crippen LogP contribution in [0.5, 0.6) is 0 Å². The van der Waals surface area contributed by atoms with E-state index in [2.05, 4.69) is 0 Å². The Morgan fingerprint density at radius 1 is 0.684 bits per heavy atom. The number of piperazine rings is 1. The number of nitro groups is 2. The van der Waals surface area contributed by atoms with Crippen molar-refractivity contribution in [2.75, 3.05) is 51.3 Å². The Hall–Kier alpha value is -6.78. The Kier molecular flexibility index (Phi) is 18.0. The SMILES string of the molecule is O=C(OCc1ccccc1)N1CCCCC1.O=Cc1cc(F)ccc1[N+](=O)[O-].O=Cc1cc(N2CCN(C(=O)OCc3ccccc3)CC2)ccc1[N+](=O)[O-].[2H]CF. The van der Waals surface area contributed by atoms with Crippen LogP contribution in [0, 0.1) is 26.0 Å². The van der Waals surface area contributed by atoms with Gasteiger partial charge in [-0.2, -0.15) is 0 Å². The molecule has 2 aliphatic rings. The summed E-state index contributed by atoms with van der Waals surface area (Å²) in [4.78, 5) is 70.4. The molecule has 2 saturated heterocycles. The van der Waals surface area contributed by atoms with Crippen molar-refractivity contribution in [2.45, 2.75) is 32.5 Å². The van der Waals surface area contributed by atoms with Crippen LogP contribution >= 0.6 is 0 Å². The zero-order valence-electron chi connectivity index (χ0n) is 32.0. The third kappa shape index (κ3) is 14.4. The van der Waals surface area contributed by atoms with Crippen LogP contribution < -0.4 is 4.90 Å². The number of amides is 2. The second-order valence-electron chi connectivity index (χ2n) is 12.3. The lowest BCUT2D eigenvalue weighted by Crippen LogP contribution is -2.49. The molecule has 0 N–H and O–H groups in total. The maximum atomic E-state index is 12.4. The highest BCUT2D eigenvalue weighted by molar-refractivity contribution is 5.83. The number of nitrogens with zero attached hydrogens (tertiary/aromatic N) is 5. The Morgan fingerprint density at radius 3 is 1.58 bits per heavy atom. The highest BCUT2D eigenvalue weighted by atomic mass is 19.1. The molecule has 2 heterocycles. The van der Waals surface area contributed by atoms with Crippen molar-refractivity contribution < 1.29 is 48.7 Å². The zero-order chi connectivity index (χ0) is 42.3. The van der Waals surface area contributed by atoms with E-state index in [0.29, 0.717) is 39.1 Å². The number of rotatable bonds is 9. The first kappa shape index (κ1) is 43.0. The summed E-state index contributed by atoms with van der Waals surface area (Å²) < 4.78 is 38.5. The average molecular weight is 793 g/mol. The summed E-state index contributed by atoms with van der Waals surface area (Å²) in [6.45, 7) is 4.33. The fraction of sp³-hybridized carbons (Fsp3) is 0.300. The average Bonchev–Trinajstić information content (AvgIpc) is 3.26. The fourth-order valence-corrected chi connectivity index (χ4v) is 5.63. The van der Waals surface area contributed by atoms with Crippen LogP contribution in [0.3, 0.4) is 0 Å². The molecule has 17 heteroatoms. The van der Waals surface area contributed by atoms with E-state index in [1.54, 1.807) is 15.9 Å². The van der Waals surface area contributed by atoms with E-state index in [4.69, 9.17) is 10.8 Å². The molecule has 0 aliphatic carbocycles. The van der Waals surface area contributed by atoms with Crippen LogP contribution in [0.2, 0.25) is 0 Å². The molecular weight excluding hydrogens is 748 g/mol. The fourth-order valence-electron chi connectivity index (χ4n) is 5.63. The van der Waals surface area contributed by atoms with Gasteiger partial charge in [0.05, 0.1) is 29.5 Å². The molecule has 15 nitrogen and oxygen atoms in total. The number of carbonyl (C=O) groups excluding carboxylic acids is 4. The van der Waals surface area contributed by atoms with E-state index >= 15 is 0 Å². The number of piperidine rings is 1. The third-order valence-corrected chi connectivity index (χ3v) is 8.58. The Morgan fingerprint density at radius 2 is 1.12 bits per heavy atom. The van der Waals surface area contributed by atoms with Crippen molar-refractivity contribution >= 4 is 41.8 Å². The minimum absolute atomic E-state index is 0.0437. The highest BCUT2D eigenvalue weighted by Crippen LogP contribution is 2.25. The van der Waals surface area contributed by atoms with Crippen LogP contribution in [-0.4, -0.2) is 90.8 Å². The van der Waals surface area contributed by atoms with E-state index in [-0.39, 0.29) is 47.6 Å². The lowest BCUT2D eigenvalue weighted by atomic mass is 10.1. The summed E-state index contributed by atoms with van der Waals surface area (Å²) in [5.74, 6) is -0.664. The molecular formula is C40H43F2N5O10. The molecule has 0 radical (unpaired) electrons. The number of benzene rings is 4. The predicted octanol–water partition coefficient (Wildman–Crippen LogP) is 7.81. The van der Waals surface area contributed by atoms with Gasteiger partial charge in [-0.05, 0) is 54.7 Å². The summed E-state index contributed by atoms with van der Waals surface area (Å²) >= 11 is 0. The van der Waals surface area contributed by atoms with Crippen molar-refractivity contribution in [3.05, 3.63) is 145 Å². The second-order valence-corrected chi connectivity index (χ2v) is 12.3. The van der Waals surface area contributed by atoms with Crippen LogP contribution in [0.25, 0.3) is 0 Å². The van der Waals surface area contributed by atoms with Crippen LogP contribution in [0.15, 0.2) is 97.1 Å². The molecule has 2 amide bonds. The highest BCUT2D eigenvalue weighted by Gasteiger charge is 2.24. The van der Waals surface area contributed by atoms with Crippen molar-refractivity contribution in [3.63, 3.8) is 0 Å². The normalized spacial score (nSPS) is 13.4. The van der Waals surface area contributed by atoms with Gasteiger partial charge >= 0.3 is 12.2 Å². The van der Waals surface area contributed by atoms with Crippen LogP contribution in [0.1, 0.15) is 52.5 Å². The van der Waals surface area contributed by atoms with E-state index in [1.807, 2.05) is 65.6 Å². The number of alkyl halides is 1. The molecule has 0 spiro atoms. The molecule has 0 unspecified atom stereocenters. The van der Waals surface area contributed by atoms with Gasteiger partial charge in [-0.15, -0.1) is 0 Å². The minimum Gasteiger partial charge on any atom is -0.445 e. The first-order chi connectivity index (χ1) is 28.0.